The summed E-state index contributed by atoms with van der Waals surface area (Å²) in [6.07, 6.45) is 0.910. The second-order valence-electron chi connectivity index (χ2n) is 6.32. The molecular formula is C21H24ClN3O3. The van der Waals surface area contributed by atoms with E-state index < -0.39 is 0 Å². The molecule has 7 heteroatoms. The van der Waals surface area contributed by atoms with E-state index in [0.29, 0.717) is 10.6 Å². The van der Waals surface area contributed by atoms with Gasteiger partial charge in [-0.1, -0.05) is 36.7 Å². The molecule has 0 radical (unpaired) electrons. The van der Waals surface area contributed by atoms with Crippen molar-refractivity contribution in [1.29, 1.82) is 0 Å². The number of hydrogen-bond acceptors (Lipinski definition) is 3. The van der Waals surface area contributed by atoms with Crippen LogP contribution in [-0.2, 0) is 16.0 Å². The van der Waals surface area contributed by atoms with Gasteiger partial charge in [-0.3, -0.25) is 14.4 Å². The number of hydrogen-bond donors (Lipinski definition) is 2. The van der Waals surface area contributed by atoms with Gasteiger partial charge in [0.05, 0.1) is 6.54 Å². The molecule has 2 aromatic carbocycles. The summed E-state index contributed by atoms with van der Waals surface area (Å²) in [7, 11) is 1.56. The van der Waals surface area contributed by atoms with Crippen molar-refractivity contribution in [2.24, 2.45) is 0 Å². The van der Waals surface area contributed by atoms with Gasteiger partial charge in [0.25, 0.3) is 5.91 Å². The average molecular weight is 402 g/mol. The van der Waals surface area contributed by atoms with Gasteiger partial charge in [-0.2, -0.15) is 0 Å². The summed E-state index contributed by atoms with van der Waals surface area (Å²) in [5.74, 6) is -0.765. The maximum absolute atomic E-state index is 12.2. The monoisotopic (exact) mass is 401 g/mol. The van der Waals surface area contributed by atoms with E-state index >= 15 is 0 Å². The molecule has 0 fully saturated rings. The predicted molar refractivity (Wildman–Crippen MR) is 110 cm³/mol. The highest BCUT2D eigenvalue weighted by atomic mass is 35.5. The zero-order valence-corrected chi connectivity index (χ0v) is 16.8. The molecule has 0 aromatic heterocycles. The first-order chi connectivity index (χ1) is 13.4. The lowest BCUT2D eigenvalue weighted by Crippen LogP contribution is -2.37. The molecule has 148 valence electrons. The molecule has 2 rings (SSSR count). The van der Waals surface area contributed by atoms with Gasteiger partial charge in [0, 0.05) is 36.3 Å². The van der Waals surface area contributed by atoms with Crippen LogP contribution >= 0.6 is 11.6 Å². The predicted octanol–water partition coefficient (Wildman–Crippen LogP) is 3.12. The van der Waals surface area contributed by atoms with Crippen LogP contribution in [0.15, 0.2) is 48.5 Å². The van der Waals surface area contributed by atoms with Crippen molar-refractivity contribution in [1.82, 2.24) is 10.2 Å². The van der Waals surface area contributed by atoms with E-state index in [4.69, 9.17) is 11.6 Å². The fourth-order valence-corrected chi connectivity index (χ4v) is 2.75. The van der Waals surface area contributed by atoms with Gasteiger partial charge in [-0.25, -0.2) is 0 Å². The number of para-hydroxylation sites is 1. The van der Waals surface area contributed by atoms with Crippen LogP contribution in [0.3, 0.4) is 0 Å². The molecule has 0 aliphatic carbocycles. The molecule has 0 heterocycles. The molecule has 0 spiro atoms. The molecule has 0 aliphatic rings. The number of carbonyl (C=O) groups is 3. The zero-order valence-electron chi connectivity index (χ0n) is 16.0. The lowest BCUT2D eigenvalue weighted by Gasteiger charge is -2.18. The maximum Gasteiger partial charge on any atom is 0.251 e. The number of rotatable bonds is 8. The van der Waals surface area contributed by atoms with Gasteiger partial charge in [0.15, 0.2) is 0 Å². The van der Waals surface area contributed by atoms with Crippen molar-refractivity contribution in [3.05, 3.63) is 64.7 Å². The highest BCUT2D eigenvalue weighted by Gasteiger charge is 2.14. The van der Waals surface area contributed by atoms with Gasteiger partial charge in [-0.15, -0.1) is 0 Å². The Morgan fingerprint density at radius 1 is 1.04 bits per heavy atom. The standard InChI is InChI=1S/C21H24ClN3O3/c1-3-15-6-4-5-7-18(15)24-19(26)14-25(2)20(27)12-13-23-21(28)16-8-10-17(22)11-9-16/h4-11H,3,12-14H2,1-2H3,(H,23,28)(H,24,26). The van der Waals surface area contributed by atoms with Gasteiger partial charge in [-0.05, 0) is 42.3 Å². The lowest BCUT2D eigenvalue weighted by molar-refractivity contribution is -0.133. The Morgan fingerprint density at radius 3 is 2.39 bits per heavy atom. The molecule has 0 unspecified atom stereocenters. The van der Waals surface area contributed by atoms with Gasteiger partial charge in [0.2, 0.25) is 11.8 Å². The molecule has 0 atom stereocenters. The van der Waals surface area contributed by atoms with Crippen molar-refractivity contribution >= 4 is 35.0 Å². The number of anilines is 1. The zero-order chi connectivity index (χ0) is 20.5. The Bertz CT molecular complexity index is 837. The third-order valence-corrected chi connectivity index (χ3v) is 4.46. The Kier molecular flexibility index (Phi) is 8.02. The minimum absolute atomic E-state index is 0.0536. The number of nitrogens with one attached hydrogen (secondary N) is 2. The molecule has 0 saturated carbocycles. The smallest absolute Gasteiger partial charge is 0.251 e. The summed E-state index contributed by atoms with van der Waals surface area (Å²) in [5, 5.41) is 6.07. The topological polar surface area (TPSA) is 78.5 Å². The molecule has 3 amide bonds. The minimum Gasteiger partial charge on any atom is -0.352 e. The molecule has 6 nitrogen and oxygen atoms in total. The number of benzene rings is 2. The van der Waals surface area contributed by atoms with E-state index in [9.17, 15) is 14.4 Å². The molecule has 0 aliphatic heterocycles. The molecule has 28 heavy (non-hydrogen) atoms. The number of amides is 3. The third kappa shape index (κ3) is 6.39. The van der Waals surface area contributed by atoms with Crippen molar-refractivity contribution in [2.45, 2.75) is 19.8 Å². The largest absolute Gasteiger partial charge is 0.352 e. The number of halogens is 1. The van der Waals surface area contributed by atoms with Gasteiger partial charge in [0.1, 0.15) is 0 Å². The third-order valence-electron chi connectivity index (χ3n) is 4.21. The van der Waals surface area contributed by atoms with Crippen molar-refractivity contribution in [2.75, 3.05) is 25.5 Å². The SMILES string of the molecule is CCc1ccccc1NC(=O)CN(C)C(=O)CCNC(=O)c1ccc(Cl)cc1. The first kappa shape index (κ1) is 21.4. The van der Waals surface area contributed by atoms with Gasteiger partial charge >= 0.3 is 0 Å². The fraction of sp³-hybridized carbons (Fsp3) is 0.286. The fourth-order valence-electron chi connectivity index (χ4n) is 2.62. The number of likely N-dealkylation sites (N-methyl/N-ethyl adjacent to an activating group) is 1. The van der Waals surface area contributed by atoms with Crippen molar-refractivity contribution < 1.29 is 14.4 Å². The molecule has 0 bridgehead atoms. The van der Waals surface area contributed by atoms with E-state index in [1.165, 1.54) is 4.90 Å². The summed E-state index contributed by atoms with van der Waals surface area (Å²) >= 11 is 5.79. The lowest BCUT2D eigenvalue weighted by atomic mass is 10.1. The first-order valence-corrected chi connectivity index (χ1v) is 9.44. The van der Waals surface area contributed by atoms with Crippen LogP contribution in [-0.4, -0.2) is 42.8 Å². The summed E-state index contributed by atoms with van der Waals surface area (Å²) in [6, 6.07) is 14.1. The highest BCUT2D eigenvalue weighted by Crippen LogP contribution is 2.15. The maximum atomic E-state index is 12.2. The van der Waals surface area contributed by atoms with Crippen molar-refractivity contribution in [3.8, 4) is 0 Å². The molecular weight excluding hydrogens is 378 g/mol. The van der Waals surface area contributed by atoms with E-state index in [-0.39, 0.29) is 37.2 Å². The van der Waals surface area contributed by atoms with Crippen molar-refractivity contribution in [3.63, 3.8) is 0 Å². The van der Waals surface area contributed by atoms with E-state index in [0.717, 1.165) is 17.7 Å². The molecule has 2 N–H and O–H groups in total. The van der Waals surface area contributed by atoms with E-state index in [2.05, 4.69) is 10.6 Å². The van der Waals surface area contributed by atoms with Crippen LogP contribution in [0.4, 0.5) is 5.69 Å². The number of nitrogens with zero attached hydrogens (tertiary/aromatic N) is 1. The number of aryl methyl sites for hydroxylation is 1. The Balaban J connectivity index is 1.76. The summed E-state index contributed by atoms with van der Waals surface area (Å²) in [5.41, 5.74) is 2.26. The second kappa shape index (κ2) is 10.5. The van der Waals surface area contributed by atoms with Crippen LogP contribution in [0.5, 0.6) is 0 Å². The van der Waals surface area contributed by atoms with E-state index in [1.807, 2.05) is 31.2 Å². The van der Waals surface area contributed by atoms with Crippen LogP contribution in [0.1, 0.15) is 29.3 Å². The number of carbonyl (C=O) groups excluding carboxylic acids is 3. The summed E-state index contributed by atoms with van der Waals surface area (Å²) in [6.45, 7) is 2.14. The average Bonchev–Trinajstić information content (AvgIpc) is 2.68. The quantitative estimate of drug-likeness (QED) is 0.713. The van der Waals surface area contributed by atoms with Crippen LogP contribution in [0.2, 0.25) is 5.02 Å². The van der Waals surface area contributed by atoms with E-state index in [1.54, 1.807) is 31.3 Å². The first-order valence-electron chi connectivity index (χ1n) is 9.06. The van der Waals surface area contributed by atoms with Crippen LogP contribution in [0.25, 0.3) is 0 Å². The van der Waals surface area contributed by atoms with Crippen LogP contribution < -0.4 is 10.6 Å². The van der Waals surface area contributed by atoms with Gasteiger partial charge < -0.3 is 15.5 Å². The Labute approximate surface area is 169 Å². The normalized spacial score (nSPS) is 10.2. The minimum atomic E-state index is -0.277. The second-order valence-corrected chi connectivity index (χ2v) is 6.76. The Hall–Kier alpha value is -2.86. The molecule has 2 aromatic rings. The highest BCUT2D eigenvalue weighted by molar-refractivity contribution is 6.30. The molecule has 0 saturated heterocycles. The Morgan fingerprint density at radius 2 is 1.71 bits per heavy atom. The van der Waals surface area contributed by atoms with Crippen LogP contribution in [0, 0.1) is 0 Å². The summed E-state index contributed by atoms with van der Waals surface area (Å²) < 4.78 is 0. The summed E-state index contributed by atoms with van der Waals surface area (Å²) in [4.78, 5) is 37.7.